The third-order valence-corrected chi connectivity index (χ3v) is 2.95. The molecule has 16 heavy (non-hydrogen) atoms. The number of rotatable bonds is 4. The van der Waals surface area contributed by atoms with Crippen molar-refractivity contribution in [3.63, 3.8) is 0 Å². The van der Waals surface area contributed by atoms with Gasteiger partial charge in [-0.1, -0.05) is 0 Å². The van der Waals surface area contributed by atoms with E-state index in [2.05, 4.69) is 11.6 Å². The van der Waals surface area contributed by atoms with Gasteiger partial charge in [0.1, 0.15) is 13.2 Å². The second-order valence-corrected chi connectivity index (χ2v) is 4.49. The molecule has 1 heterocycles. The van der Waals surface area contributed by atoms with Crippen LogP contribution < -0.4 is 20.5 Å². The average Bonchev–Trinajstić information content (AvgIpc) is 2.30. The van der Waals surface area contributed by atoms with Gasteiger partial charge >= 0.3 is 0 Å². The molecule has 0 radical (unpaired) electrons. The smallest absolute Gasteiger partial charge is 0.163 e. The topological polar surface area (TPSA) is 56.5 Å². The summed E-state index contributed by atoms with van der Waals surface area (Å²) in [4.78, 5) is 0. The monoisotopic (exact) mass is 240 g/mol. The molecule has 0 spiro atoms. The number of benzene rings is 1. The van der Waals surface area contributed by atoms with E-state index in [4.69, 9.17) is 15.2 Å². The lowest BCUT2D eigenvalue weighted by Crippen LogP contribution is -2.16. The molecule has 1 aromatic rings. The van der Waals surface area contributed by atoms with Gasteiger partial charge in [-0.25, -0.2) is 0 Å². The minimum absolute atomic E-state index is 0.589. The highest BCUT2D eigenvalue weighted by Gasteiger charge is 2.14. The summed E-state index contributed by atoms with van der Waals surface area (Å²) in [6.07, 6.45) is 2.08. The SMILES string of the molecule is CSCCNc1cc2c(cc1N)OCCO2. The van der Waals surface area contributed by atoms with Gasteiger partial charge in [0.15, 0.2) is 11.5 Å². The van der Waals surface area contributed by atoms with Crippen molar-refractivity contribution in [1.82, 2.24) is 0 Å². The highest BCUT2D eigenvalue weighted by Crippen LogP contribution is 2.36. The highest BCUT2D eigenvalue weighted by molar-refractivity contribution is 7.98. The maximum atomic E-state index is 5.92. The van der Waals surface area contributed by atoms with Crippen molar-refractivity contribution >= 4 is 23.1 Å². The molecular formula is C11H16N2O2S. The van der Waals surface area contributed by atoms with Crippen LogP contribution in [-0.4, -0.2) is 31.8 Å². The molecule has 0 unspecified atom stereocenters. The van der Waals surface area contributed by atoms with Gasteiger partial charge in [0.25, 0.3) is 0 Å². The second-order valence-electron chi connectivity index (χ2n) is 3.50. The summed E-state index contributed by atoms with van der Waals surface area (Å²) in [7, 11) is 0. The highest BCUT2D eigenvalue weighted by atomic mass is 32.2. The molecule has 0 saturated heterocycles. The average molecular weight is 240 g/mol. The van der Waals surface area contributed by atoms with Crippen molar-refractivity contribution in [3.05, 3.63) is 12.1 Å². The molecule has 0 amide bonds. The first-order chi connectivity index (χ1) is 7.81. The normalized spacial score (nSPS) is 13.6. The van der Waals surface area contributed by atoms with E-state index in [0.29, 0.717) is 18.9 Å². The first kappa shape index (κ1) is 11.3. The van der Waals surface area contributed by atoms with Gasteiger partial charge in [-0.05, 0) is 6.26 Å². The van der Waals surface area contributed by atoms with Crippen LogP contribution in [0, 0.1) is 0 Å². The number of anilines is 2. The van der Waals surface area contributed by atoms with E-state index < -0.39 is 0 Å². The lowest BCUT2D eigenvalue weighted by Gasteiger charge is -2.20. The third-order valence-electron chi connectivity index (χ3n) is 2.34. The quantitative estimate of drug-likeness (QED) is 0.621. The summed E-state index contributed by atoms with van der Waals surface area (Å²) in [5.74, 6) is 2.56. The van der Waals surface area contributed by atoms with E-state index in [9.17, 15) is 0 Å². The Hall–Kier alpha value is -1.23. The first-order valence-corrected chi connectivity index (χ1v) is 6.62. The van der Waals surface area contributed by atoms with Gasteiger partial charge in [0, 0.05) is 24.4 Å². The summed E-state index contributed by atoms with van der Waals surface area (Å²) in [5.41, 5.74) is 7.54. The van der Waals surface area contributed by atoms with E-state index in [0.717, 1.165) is 29.5 Å². The molecule has 0 atom stereocenters. The predicted molar refractivity (Wildman–Crippen MR) is 68.7 cm³/mol. The van der Waals surface area contributed by atoms with Crippen LogP contribution in [0.25, 0.3) is 0 Å². The van der Waals surface area contributed by atoms with Crippen molar-refractivity contribution in [2.75, 3.05) is 42.8 Å². The molecule has 88 valence electrons. The molecule has 5 heteroatoms. The van der Waals surface area contributed by atoms with Crippen molar-refractivity contribution < 1.29 is 9.47 Å². The van der Waals surface area contributed by atoms with E-state index in [1.54, 1.807) is 11.8 Å². The lowest BCUT2D eigenvalue weighted by molar-refractivity contribution is 0.172. The number of ether oxygens (including phenoxy) is 2. The van der Waals surface area contributed by atoms with Crippen LogP contribution in [0.15, 0.2) is 12.1 Å². The molecule has 2 rings (SSSR count). The molecule has 0 bridgehead atoms. The minimum atomic E-state index is 0.589. The number of fused-ring (bicyclic) bond motifs is 1. The zero-order valence-corrected chi connectivity index (χ0v) is 10.1. The molecule has 4 nitrogen and oxygen atoms in total. The molecule has 0 aliphatic carbocycles. The van der Waals surface area contributed by atoms with Gasteiger partial charge in [0.05, 0.1) is 11.4 Å². The van der Waals surface area contributed by atoms with E-state index in [1.165, 1.54) is 0 Å². The molecule has 0 fully saturated rings. The number of hydrogen-bond acceptors (Lipinski definition) is 5. The van der Waals surface area contributed by atoms with Gasteiger partial charge in [-0.2, -0.15) is 11.8 Å². The van der Waals surface area contributed by atoms with E-state index in [-0.39, 0.29) is 0 Å². The zero-order chi connectivity index (χ0) is 11.4. The Morgan fingerprint density at radius 2 is 2.00 bits per heavy atom. The fourth-order valence-electron chi connectivity index (χ4n) is 1.55. The molecule has 1 aromatic carbocycles. The Morgan fingerprint density at radius 1 is 1.31 bits per heavy atom. The van der Waals surface area contributed by atoms with Crippen LogP contribution >= 0.6 is 11.8 Å². The Bertz CT molecular complexity index is 371. The van der Waals surface area contributed by atoms with Crippen molar-refractivity contribution in [2.24, 2.45) is 0 Å². The van der Waals surface area contributed by atoms with Crippen molar-refractivity contribution in [2.45, 2.75) is 0 Å². The van der Waals surface area contributed by atoms with Crippen LogP contribution in [0.4, 0.5) is 11.4 Å². The number of nitrogens with two attached hydrogens (primary N) is 1. The fraction of sp³-hybridized carbons (Fsp3) is 0.455. The summed E-state index contributed by atoms with van der Waals surface area (Å²) in [6.45, 7) is 2.08. The summed E-state index contributed by atoms with van der Waals surface area (Å²) < 4.78 is 10.9. The summed E-state index contributed by atoms with van der Waals surface area (Å²) >= 11 is 1.80. The fourth-order valence-corrected chi connectivity index (χ4v) is 1.85. The number of nitrogens with one attached hydrogen (secondary N) is 1. The molecule has 0 saturated carbocycles. The number of hydrogen-bond donors (Lipinski definition) is 2. The van der Waals surface area contributed by atoms with Gasteiger partial charge < -0.3 is 20.5 Å². The second kappa shape index (κ2) is 5.21. The van der Waals surface area contributed by atoms with Crippen molar-refractivity contribution in [1.29, 1.82) is 0 Å². The van der Waals surface area contributed by atoms with Gasteiger partial charge in [-0.3, -0.25) is 0 Å². The lowest BCUT2D eigenvalue weighted by atomic mass is 10.2. The third kappa shape index (κ3) is 2.47. The van der Waals surface area contributed by atoms with Crippen LogP contribution in [-0.2, 0) is 0 Å². The summed E-state index contributed by atoms with van der Waals surface area (Å²) in [6, 6.07) is 3.72. The molecule has 3 N–H and O–H groups in total. The van der Waals surface area contributed by atoms with Crippen LogP contribution in [0.3, 0.4) is 0 Å². The van der Waals surface area contributed by atoms with Crippen LogP contribution in [0.5, 0.6) is 11.5 Å². The Kier molecular flexibility index (Phi) is 3.66. The number of thioether (sulfide) groups is 1. The van der Waals surface area contributed by atoms with E-state index >= 15 is 0 Å². The van der Waals surface area contributed by atoms with Gasteiger partial charge in [-0.15, -0.1) is 0 Å². The van der Waals surface area contributed by atoms with Gasteiger partial charge in [0.2, 0.25) is 0 Å². The zero-order valence-electron chi connectivity index (χ0n) is 9.29. The largest absolute Gasteiger partial charge is 0.486 e. The molecule has 1 aliphatic rings. The maximum Gasteiger partial charge on any atom is 0.163 e. The van der Waals surface area contributed by atoms with Crippen LogP contribution in [0.2, 0.25) is 0 Å². The first-order valence-electron chi connectivity index (χ1n) is 5.23. The number of nitrogen functional groups attached to an aromatic ring is 1. The molecule has 0 aromatic heterocycles. The van der Waals surface area contributed by atoms with Crippen LogP contribution in [0.1, 0.15) is 0 Å². The Labute approximate surface area is 99.5 Å². The van der Waals surface area contributed by atoms with E-state index in [1.807, 2.05) is 12.1 Å². The Morgan fingerprint density at radius 3 is 2.69 bits per heavy atom. The minimum Gasteiger partial charge on any atom is -0.486 e. The summed E-state index contributed by atoms with van der Waals surface area (Å²) in [5, 5.41) is 3.28. The van der Waals surface area contributed by atoms with Crippen molar-refractivity contribution in [3.8, 4) is 11.5 Å². The predicted octanol–water partition coefficient (Wildman–Crippen LogP) is 1.81. The maximum absolute atomic E-state index is 5.92. The molecular weight excluding hydrogens is 224 g/mol. The Balaban J connectivity index is 2.12. The standard InChI is InChI=1S/C11H16N2O2S/c1-16-5-2-13-9-7-11-10(6-8(9)12)14-3-4-15-11/h6-7,13H,2-5,12H2,1H3. The molecule has 1 aliphatic heterocycles.